The van der Waals surface area contributed by atoms with E-state index in [9.17, 15) is 14.4 Å². The topological polar surface area (TPSA) is 93.7 Å². The highest BCUT2D eigenvalue weighted by molar-refractivity contribution is 5.97. The van der Waals surface area contributed by atoms with E-state index in [1.807, 2.05) is 20.8 Å². The highest BCUT2D eigenvalue weighted by Crippen LogP contribution is 2.16. The fourth-order valence-electron chi connectivity index (χ4n) is 1.88. The number of benzene rings is 1. The molecule has 0 aromatic heterocycles. The van der Waals surface area contributed by atoms with Crippen LogP contribution in [0.4, 0.5) is 0 Å². The van der Waals surface area contributed by atoms with Crippen molar-refractivity contribution in [3.8, 4) is 5.75 Å². The Morgan fingerprint density at radius 2 is 1.79 bits per heavy atom. The number of nitrogens with one attached hydrogen (secondary N) is 2. The molecule has 0 bridgehead atoms. The normalized spacial score (nSPS) is 10.7. The number of rotatable bonds is 7. The molecule has 0 unspecified atom stereocenters. The average molecular weight is 336 g/mol. The van der Waals surface area contributed by atoms with Gasteiger partial charge >= 0.3 is 5.97 Å². The fraction of sp³-hybridized carbons (Fsp3) is 0.471. The van der Waals surface area contributed by atoms with Crippen LogP contribution in [-0.2, 0) is 14.3 Å². The van der Waals surface area contributed by atoms with Crippen molar-refractivity contribution < 1.29 is 23.9 Å². The van der Waals surface area contributed by atoms with E-state index < -0.39 is 5.97 Å². The molecule has 2 N–H and O–H groups in total. The summed E-state index contributed by atoms with van der Waals surface area (Å²) in [5.74, 6) is -0.810. The number of hydrogen-bond donors (Lipinski definition) is 2. The van der Waals surface area contributed by atoms with Gasteiger partial charge in [0.15, 0.2) is 6.61 Å². The molecule has 0 radical (unpaired) electrons. The van der Waals surface area contributed by atoms with E-state index >= 15 is 0 Å². The SMILES string of the molecule is COc1ccccc1C(=O)NCCC(=O)OCC(=O)NC(C)(C)C. The van der Waals surface area contributed by atoms with Gasteiger partial charge in [0.25, 0.3) is 11.8 Å². The lowest BCUT2D eigenvalue weighted by atomic mass is 10.1. The maximum atomic E-state index is 12.0. The highest BCUT2D eigenvalue weighted by atomic mass is 16.5. The van der Waals surface area contributed by atoms with Gasteiger partial charge < -0.3 is 20.1 Å². The summed E-state index contributed by atoms with van der Waals surface area (Å²) in [6, 6.07) is 6.79. The molecule has 0 aliphatic carbocycles. The van der Waals surface area contributed by atoms with Crippen molar-refractivity contribution in [2.45, 2.75) is 32.7 Å². The number of para-hydroxylation sites is 1. The van der Waals surface area contributed by atoms with Crippen LogP contribution < -0.4 is 15.4 Å². The van der Waals surface area contributed by atoms with E-state index in [1.54, 1.807) is 24.3 Å². The molecule has 0 aliphatic rings. The van der Waals surface area contributed by atoms with Gasteiger partial charge in [0.05, 0.1) is 19.1 Å². The lowest BCUT2D eigenvalue weighted by Gasteiger charge is -2.20. The molecule has 24 heavy (non-hydrogen) atoms. The first-order chi connectivity index (χ1) is 11.2. The van der Waals surface area contributed by atoms with Crippen LogP contribution in [-0.4, -0.2) is 43.6 Å². The summed E-state index contributed by atoms with van der Waals surface area (Å²) < 4.78 is 9.96. The van der Waals surface area contributed by atoms with Crippen LogP contribution in [0.25, 0.3) is 0 Å². The van der Waals surface area contributed by atoms with Gasteiger partial charge in [0.2, 0.25) is 0 Å². The fourth-order valence-corrected chi connectivity index (χ4v) is 1.88. The molecule has 0 spiro atoms. The minimum atomic E-state index is -0.556. The maximum Gasteiger partial charge on any atom is 0.308 e. The van der Waals surface area contributed by atoms with Crippen LogP contribution in [0.3, 0.4) is 0 Å². The van der Waals surface area contributed by atoms with E-state index in [0.717, 1.165) is 0 Å². The van der Waals surface area contributed by atoms with E-state index in [2.05, 4.69) is 10.6 Å². The standard InChI is InChI=1S/C17H24N2O5/c1-17(2,3)19-14(20)11-24-15(21)9-10-18-16(22)12-7-5-6-8-13(12)23-4/h5-8H,9-11H2,1-4H3,(H,18,22)(H,19,20). The molecule has 0 saturated heterocycles. The van der Waals surface area contributed by atoms with Crippen LogP contribution in [0.2, 0.25) is 0 Å². The quantitative estimate of drug-likeness (QED) is 0.732. The second-order valence-corrected chi connectivity index (χ2v) is 6.17. The monoisotopic (exact) mass is 336 g/mol. The predicted molar refractivity (Wildman–Crippen MR) is 88.8 cm³/mol. The summed E-state index contributed by atoms with van der Waals surface area (Å²) in [6.45, 7) is 5.27. The summed E-state index contributed by atoms with van der Waals surface area (Å²) in [5, 5.41) is 5.29. The van der Waals surface area contributed by atoms with Crippen LogP contribution in [0.1, 0.15) is 37.6 Å². The largest absolute Gasteiger partial charge is 0.496 e. The minimum Gasteiger partial charge on any atom is -0.496 e. The molecule has 0 heterocycles. The first kappa shape index (κ1) is 19.5. The van der Waals surface area contributed by atoms with Crippen molar-refractivity contribution in [1.82, 2.24) is 10.6 Å². The Hall–Kier alpha value is -2.57. The molecule has 132 valence electrons. The molecular weight excluding hydrogens is 312 g/mol. The smallest absolute Gasteiger partial charge is 0.308 e. The molecule has 1 aromatic carbocycles. The third-order valence-electron chi connectivity index (χ3n) is 2.84. The second-order valence-electron chi connectivity index (χ2n) is 6.17. The van der Waals surface area contributed by atoms with Gasteiger partial charge in [0.1, 0.15) is 5.75 Å². The number of esters is 1. The number of amides is 2. The zero-order chi connectivity index (χ0) is 18.2. The molecular formula is C17H24N2O5. The summed E-state index contributed by atoms with van der Waals surface area (Å²) in [7, 11) is 1.48. The molecule has 0 aliphatic heterocycles. The number of carbonyl (C=O) groups excluding carboxylic acids is 3. The molecule has 1 rings (SSSR count). The van der Waals surface area contributed by atoms with Crippen LogP contribution in [0, 0.1) is 0 Å². The Morgan fingerprint density at radius 3 is 2.42 bits per heavy atom. The first-order valence-electron chi connectivity index (χ1n) is 7.61. The van der Waals surface area contributed by atoms with Crippen LogP contribution in [0.15, 0.2) is 24.3 Å². The van der Waals surface area contributed by atoms with Crippen molar-refractivity contribution in [2.24, 2.45) is 0 Å². The van der Waals surface area contributed by atoms with Gasteiger partial charge in [-0.15, -0.1) is 0 Å². The third kappa shape index (κ3) is 7.13. The van der Waals surface area contributed by atoms with Crippen molar-refractivity contribution in [3.63, 3.8) is 0 Å². The second kappa shape index (κ2) is 8.90. The molecule has 2 amide bonds. The van der Waals surface area contributed by atoms with Gasteiger partial charge in [-0.25, -0.2) is 0 Å². The number of ether oxygens (including phenoxy) is 2. The zero-order valence-corrected chi connectivity index (χ0v) is 14.5. The Labute approximate surface area is 141 Å². The van der Waals surface area contributed by atoms with E-state index in [-0.39, 0.29) is 36.9 Å². The average Bonchev–Trinajstić information content (AvgIpc) is 2.51. The predicted octanol–water partition coefficient (Wildman–Crippen LogP) is 1.27. The summed E-state index contributed by atoms with van der Waals surface area (Å²) in [5.41, 5.74) is 0.00423. The van der Waals surface area contributed by atoms with Gasteiger partial charge in [-0.2, -0.15) is 0 Å². The van der Waals surface area contributed by atoms with Gasteiger partial charge in [-0.1, -0.05) is 12.1 Å². The van der Waals surface area contributed by atoms with Crippen LogP contribution >= 0.6 is 0 Å². The molecule has 7 heteroatoms. The van der Waals surface area contributed by atoms with Crippen LogP contribution in [0.5, 0.6) is 5.75 Å². The van der Waals surface area contributed by atoms with E-state index in [0.29, 0.717) is 11.3 Å². The van der Waals surface area contributed by atoms with Crippen molar-refractivity contribution in [3.05, 3.63) is 29.8 Å². The summed E-state index contributed by atoms with van der Waals surface area (Å²) in [4.78, 5) is 35.1. The summed E-state index contributed by atoms with van der Waals surface area (Å²) >= 11 is 0. The molecule has 0 atom stereocenters. The molecule has 0 saturated carbocycles. The minimum absolute atomic E-state index is 0.0241. The van der Waals surface area contributed by atoms with E-state index in [1.165, 1.54) is 7.11 Å². The zero-order valence-electron chi connectivity index (χ0n) is 14.5. The van der Waals surface area contributed by atoms with E-state index in [4.69, 9.17) is 9.47 Å². The number of methoxy groups -OCH3 is 1. The van der Waals surface area contributed by atoms with Crippen molar-refractivity contribution >= 4 is 17.8 Å². The first-order valence-corrected chi connectivity index (χ1v) is 7.61. The van der Waals surface area contributed by atoms with Gasteiger partial charge in [-0.05, 0) is 32.9 Å². The Bertz CT molecular complexity index is 593. The molecule has 1 aromatic rings. The van der Waals surface area contributed by atoms with Crippen molar-refractivity contribution in [2.75, 3.05) is 20.3 Å². The Morgan fingerprint density at radius 1 is 1.12 bits per heavy atom. The lowest BCUT2D eigenvalue weighted by molar-refractivity contribution is -0.148. The molecule has 7 nitrogen and oxygen atoms in total. The molecule has 0 fully saturated rings. The summed E-state index contributed by atoms with van der Waals surface area (Å²) in [6.07, 6.45) is -0.0241. The van der Waals surface area contributed by atoms with Crippen molar-refractivity contribution in [1.29, 1.82) is 0 Å². The third-order valence-corrected chi connectivity index (χ3v) is 2.84. The van der Waals surface area contributed by atoms with Gasteiger partial charge in [0, 0.05) is 12.1 Å². The Balaban J connectivity index is 2.33. The maximum absolute atomic E-state index is 12.0. The Kier molecular flexibility index (Phi) is 7.23. The number of hydrogen-bond acceptors (Lipinski definition) is 5. The lowest BCUT2D eigenvalue weighted by Crippen LogP contribution is -2.42. The van der Waals surface area contributed by atoms with Gasteiger partial charge in [-0.3, -0.25) is 14.4 Å². The number of carbonyl (C=O) groups is 3. The highest BCUT2D eigenvalue weighted by Gasteiger charge is 2.16.